The zero-order valence-electron chi connectivity index (χ0n) is 7.48. The summed E-state index contributed by atoms with van der Waals surface area (Å²) >= 11 is 0. The van der Waals surface area contributed by atoms with Crippen molar-refractivity contribution in [3.8, 4) is 0 Å². The van der Waals surface area contributed by atoms with Crippen LogP contribution in [0.4, 0.5) is 0 Å². The Morgan fingerprint density at radius 1 is 1.46 bits per heavy atom. The molecule has 0 aliphatic carbocycles. The molecule has 0 bridgehead atoms. The van der Waals surface area contributed by atoms with Crippen molar-refractivity contribution in [2.24, 2.45) is 0 Å². The largest absolute Gasteiger partial charge is 0.298 e. The van der Waals surface area contributed by atoms with Gasteiger partial charge in [-0.05, 0) is 13.8 Å². The average molecular weight is 175 g/mol. The van der Waals surface area contributed by atoms with Crippen LogP contribution in [0, 0.1) is 13.8 Å². The van der Waals surface area contributed by atoms with Crippen molar-refractivity contribution in [3.63, 3.8) is 0 Å². The van der Waals surface area contributed by atoms with Gasteiger partial charge in [0.15, 0.2) is 11.9 Å². The Morgan fingerprint density at radius 3 is 2.92 bits per heavy atom. The fourth-order valence-corrected chi connectivity index (χ4v) is 1.36. The number of carbonyl (C=O) groups is 1. The molecule has 2 heterocycles. The molecule has 0 amide bonds. The zero-order valence-corrected chi connectivity index (χ0v) is 7.48. The first-order chi connectivity index (χ1) is 6.22. The molecule has 66 valence electrons. The molecule has 0 unspecified atom stereocenters. The van der Waals surface area contributed by atoms with Crippen LogP contribution in [0.1, 0.15) is 21.9 Å². The van der Waals surface area contributed by atoms with Crippen LogP contribution in [0.2, 0.25) is 0 Å². The monoisotopic (exact) mass is 175 g/mol. The average Bonchev–Trinajstić information content (AvgIpc) is 2.42. The van der Waals surface area contributed by atoms with Crippen LogP contribution in [-0.2, 0) is 0 Å². The quantitative estimate of drug-likeness (QED) is 0.611. The molecule has 2 aromatic rings. The molecule has 0 atom stereocenters. The van der Waals surface area contributed by atoms with Crippen molar-refractivity contribution in [1.29, 1.82) is 0 Å². The van der Waals surface area contributed by atoms with Gasteiger partial charge in [-0.15, -0.1) is 0 Å². The van der Waals surface area contributed by atoms with Crippen molar-refractivity contribution in [2.75, 3.05) is 0 Å². The number of nitrogens with zero attached hydrogens (tertiary/aromatic N) is 3. The highest BCUT2D eigenvalue weighted by Crippen LogP contribution is 2.09. The van der Waals surface area contributed by atoms with E-state index in [1.807, 2.05) is 18.2 Å². The van der Waals surface area contributed by atoms with E-state index in [2.05, 4.69) is 9.97 Å². The van der Waals surface area contributed by atoms with E-state index in [4.69, 9.17) is 0 Å². The predicted molar refractivity (Wildman–Crippen MR) is 47.8 cm³/mol. The number of fused-ring (bicyclic) bond motifs is 1. The summed E-state index contributed by atoms with van der Waals surface area (Å²) in [6, 6.07) is 0. The van der Waals surface area contributed by atoms with Gasteiger partial charge in [0.2, 0.25) is 0 Å². The van der Waals surface area contributed by atoms with Crippen molar-refractivity contribution >= 4 is 11.9 Å². The smallest absolute Gasteiger partial charge is 0.159 e. The number of carbonyl (C=O) groups excluding carboxylic acids is 1. The summed E-state index contributed by atoms with van der Waals surface area (Å²) < 4.78 is 1.82. The van der Waals surface area contributed by atoms with E-state index in [0.29, 0.717) is 5.56 Å². The maximum atomic E-state index is 10.5. The highest BCUT2D eigenvalue weighted by molar-refractivity contribution is 5.74. The third-order valence-electron chi connectivity index (χ3n) is 1.98. The van der Waals surface area contributed by atoms with E-state index < -0.39 is 0 Å². The van der Waals surface area contributed by atoms with Gasteiger partial charge in [-0.25, -0.2) is 9.97 Å². The molecule has 13 heavy (non-hydrogen) atoms. The standard InChI is InChI=1S/C9H9N3O/c1-6-9-10-3-8(5-13)4-12(9)7(2)11-6/h3-5H,1-2H3. The van der Waals surface area contributed by atoms with Gasteiger partial charge in [-0.2, -0.15) is 0 Å². The molecule has 0 fully saturated rings. The second-order valence-corrected chi connectivity index (χ2v) is 2.94. The Labute approximate surface area is 75.2 Å². The minimum atomic E-state index is 0.563. The first-order valence-corrected chi connectivity index (χ1v) is 3.99. The lowest BCUT2D eigenvalue weighted by atomic mass is 10.4. The van der Waals surface area contributed by atoms with Crippen LogP contribution in [0.3, 0.4) is 0 Å². The minimum Gasteiger partial charge on any atom is -0.298 e. The summed E-state index contributed by atoms with van der Waals surface area (Å²) in [4.78, 5) is 18.9. The van der Waals surface area contributed by atoms with Crippen LogP contribution >= 0.6 is 0 Å². The van der Waals surface area contributed by atoms with Crippen LogP contribution in [0.25, 0.3) is 5.65 Å². The summed E-state index contributed by atoms with van der Waals surface area (Å²) in [5.74, 6) is 0.851. The molecular weight excluding hydrogens is 166 g/mol. The predicted octanol–water partition coefficient (Wildman–Crippen LogP) is 1.16. The molecule has 0 N–H and O–H groups in total. The Bertz CT molecular complexity index is 473. The van der Waals surface area contributed by atoms with Gasteiger partial charge >= 0.3 is 0 Å². The van der Waals surface area contributed by atoms with Crippen molar-refractivity contribution < 1.29 is 4.79 Å². The zero-order chi connectivity index (χ0) is 9.42. The molecule has 0 spiro atoms. The Kier molecular flexibility index (Phi) is 1.62. The van der Waals surface area contributed by atoms with Gasteiger partial charge in [0.05, 0.1) is 5.69 Å². The molecule has 0 radical (unpaired) electrons. The van der Waals surface area contributed by atoms with E-state index in [9.17, 15) is 4.79 Å². The molecule has 2 aromatic heterocycles. The number of imidazole rings is 1. The highest BCUT2D eigenvalue weighted by Gasteiger charge is 2.05. The molecule has 2 rings (SSSR count). The molecule has 4 heteroatoms. The molecule has 0 aliphatic heterocycles. The van der Waals surface area contributed by atoms with Crippen molar-refractivity contribution in [1.82, 2.24) is 14.4 Å². The van der Waals surface area contributed by atoms with Crippen molar-refractivity contribution in [3.05, 3.63) is 29.5 Å². The van der Waals surface area contributed by atoms with Crippen LogP contribution in [0.5, 0.6) is 0 Å². The summed E-state index contributed by atoms with van der Waals surface area (Å²) in [7, 11) is 0. The van der Waals surface area contributed by atoms with Gasteiger partial charge in [0, 0.05) is 18.0 Å². The van der Waals surface area contributed by atoms with Crippen LogP contribution in [-0.4, -0.2) is 20.7 Å². The van der Waals surface area contributed by atoms with Crippen LogP contribution < -0.4 is 0 Å². The maximum absolute atomic E-state index is 10.5. The number of aryl methyl sites for hydroxylation is 2. The lowest BCUT2D eigenvalue weighted by Gasteiger charge is -1.95. The maximum Gasteiger partial charge on any atom is 0.159 e. The first-order valence-electron chi connectivity index (χ1n) is 3.99. The van der Waals surface area contributed by atoms with E-state index in [-0.39, 0.29) is 0 Å². The number of hydrogen-bond donors (Lipinski definition) is 0. The van der Waals surface area contributed by atoms with Gasteiger partial charge in [-0.1, -0.05) is 0 Å². The summed E-state index contributed by atoms with van der Waals surface area (Å²) in [5, 5.41) is 0. The molecule has 0 aliphatic rings. The van der Waals surface area contributed by atoms with E-state index in [0.717, 1.165) is 23.5 Å². The molecule has 4 nitrogen and oxygen atoms in total. The lowest BCUT2D eigenvalue weighted by molar-refractivity contribution is 0.112. The Hall–Kier alpha value is -1.71. The third-order valence-corrected chi connectivity index (χ3v) is 1.98. The normalized spacial score (nSPS) is 10.6. The second kappa shape index (κ2) is 2.65. The fourth-order valence-electron chi connectivity index (χ4n) is 1.36. The summed E-state index contributed by atoms with van der Waals surface area (Å²) in [6.45, 7) is 3.78. The minimum absolute atomic E-state index is 0.563. The molecular formula is C9H9N3O. The first kappa shape index (κ1) is 7.91. The van der Waals surface area contributed by atoms with Gasteiger partial charge < -0.3 is 0 Å². The Balaban J connectivity index is 2.83. The van der Waals surface area contributed by atoms with Gasteiger partial charge in [0.1, 0.15) is 5.82 Å². The van der Waals surface area contributed by atoms with E-state index in [1.165, 1.54) is 0 Å². The number of aldehydes is 1. The number of aromatic nitrogens is 3. The van der Waals surface area contributed by atoms with Gasteiger partial charge in [-0.3, -0.25) is 9.20 Å². The molecule has 0 saturated heterocycles. The SMILES string of the molecule is Cc1nc(C)n2cc(C=O)cnc12. The van der Waals surface area contributed by atoms with Crippen molar-refractivity contribution in [2.45, 2.75) is 13.8 Å². The Morgan fingerprint density at radius 2 is 2.23 bits per heavy atom. The summed E-state index contributed by atoms with van der Waals surface area (Å²) in [6.07, 6.45) is 4.07. The topological polar surface area (TPSA) is 47.3 Å². The van der Waals surface area contributed by atoms with Gasteiger partial charge in [0.25, 0.3) is 0 Å². The lowest BCUT2D eigenvalue weighted by Crippen LogP contribution is -1.93. The second-order valence-electron chi connectivity index (χ2n) is 2.94. The fraction of sp³-hybridized carbons (Fsp3) is 0.222. The third kappa shape index (κ3) is 1.11. The highest BCUT2D eigenvalue weighted by atomic mass is 16.1. The summed E-state index contributed by atoms with van der Waals surface area (Å²) in [5.41, 5.74) is 2.26. The molecule has 0 aromatic carbocycles. The van der Waals surface area contributed by atoms with E-state index in [1.54, 1.807) is 12.4 Å². The van der Waals surface area contributed by atoms with E-state index >= 15 is 0 Å². The number of rotatable bonds is 1. The number of hydrogen-bond acceptors (Lipinski definition) is 3. The molecule has 0 saturated carbocycles. The van der Waals surface area contributed by atoms with Crippen LogP contribution in [0.15, 0.2) is 12.4 Å².